The summed E-state index contributed by atoms with van der Waals surface area (Å²) in [4.78, 5) is 25.1. The molecule has 1 atom stereocenters. The Bertz CT molecular complexity index is 1110. The molecule has 0 saturated heterocycles. The molecule has 0 aliphatic heterocycles. The maximum absolute atomic E-state index is 12.6. The number of carbonyl (C=O) groups is 2. The zero-order valence-corrected chi connectivity index (χ0v) is 22.0. The highest BCUT2D eigenvalue weighted by Gasteiger charge is 2.29. The predicted octanol–water partition coefficient (Wildman–Crippen LogP) is 7.15. The standard InChI is InChI=1S/C29H36O7/c1-8-16-32-22-15-14-19-12-13-20(17-21(19)18-22)23-10-9-11-24(33-26(30)35-28(2,3)4)25(23)34-27(31)36-29(5,6)7/h8-11,14-15,18,20H,1,12-13,16-17H2,2-7H3. The second-order valence-electron chi connectivity index (χ2n) is 10.8. The summed E-state index contributed by atoms with van der Waals surface area (Å²) in [5.41, 5.74) is 1.69. The maximum atomic E-state index is 12.6. The molecule has 0 bridgehead atoms. The van der Waals surface area contributed by atoms with Crippen LogP contribution in [0.1, 0.15) is 70.6 Å². The number of carbonyl (C=O) groups excluding carboxylic acids is 2. The molecule has 7 nitrogen and oxygen atoms in total. The number of hydrogen-bond acceptors (Lipinski definition) is 7. The molecule has 0 spiro atoms. The third-order valence-corrected chi connectivity index (χ3v) is 5.38. The Morgan fingerprint density at radius 2 is 1.61 bits per heavy atom. The summed E-state index contributed by atoms with van der Waals surface area (Å²) in [7, 11) is 0. The third kappa shape index (κ3) is 7.77. The highest BCUT2D eigenvalue weighted by molar-refractivity contribution is 5.71. The maximum Gasteiger partial charge on any atom is 0.514 e. The lowest BCUT2D eigenvalue weighted by Crippen LogP contribution is -2.28. The monoisotopic (exact) mass is 496 g/mol. The summed E-state index contributed by atoms with van der Waals surface area (Å²) in [5.74, 6) is 1.06. The normalized spacial score (nSPS) is 15.3. The Morgan fingerprint density at radius 3 is 2.25 bits per heavy atom. The van der Waals surface area contributed by atoms with Gasteiger partial charge in [0.1, 0.15) is 23.6 Å². The smallest absolute Gasteiger partial charge is 0.490 e. The Labute approximate surface area is 213 Å². The van der Waals surface area contributed by atoms with Crippen molar-refractivity contribution in [1.82, 2.24) is 0 Å². The molecule has 0 amide bonds. The molecule has 1 aliphatic carbocycles. The molecular formula is C29H36O7. The van der Waals surface area contributed by atoms with Crippen molar-refractivity contribution in [2.24, 2.45) is 0 Å². The Hall–Kier alpha value is -3.48. The molecule has 1 aliphatic rings. The molecule has 0 saturated carbocycles. The van der Waals surface area contributed by atoms with E-state index in [1.807, 2.05) is 18.2 Å². The molecule has 0 aromatic heterocycles. The average molecular weight is 497 g/mol. The van der Waals surface area contributed by atoms with Gasteiger partial charge in [-0.15, -0.1) is 0 Å². The summed E-state index contributed by atoms with van der Waals surface area (Å²) < 4.78 is 27.6. The van der Waals surface area contributed by atoms with Crippen molar-refractivity contribution in [1.29, 1.82) is 0 Å². The van der Waals surface area contributed by atoms with Crippen LogP contribution in [0.25, 0.3) is 0 Å². The summed E-state index contributed by atoms with van der Waals surface area (Å²) in [6.45, 7) is 14.6. The van der Waals surface area contributed by atoms with Gasteiger partial charge in [-0.25, -0.2) is 9.59 Å². The van der Waals surface area contributed by atoms with E-state index in [4.69, 9.17) is 23.7 Å². The number of rotatable bonds is 6. The van der Waals surface area contributed by atoms with Crippen LogP contribution in [-0.4, -0.2) is 30.1 Å². The first-order valence-electron chi connectivity index (χ1n) is 12.1. The van der Waals surface area contributed by atoms with Gasteiger partial charge < -0.3 is 23.7 Å². The minimum absolute atomic E-state index is 0.0202. The van der Waals surface area contributed by atoms with Gasteiger partial charge in [0.05, 0.1) is 0 Å². The fourth-order valence-electron chi connectivity index (χ4n) is 4.00. The minimum atomic E-state index is -0.883. The minimum Gasteiger partial charge on any atom is -0.490 e. The van der Waals surface area contributed by atoms with E-state index in [9.17, 15) is 9.59 Å². The van der Waals surface area contributed by atoms with E-state index >= 15 is 0 Å². The van der Waals surface area contributed by atoms with Crippen LogP contribution in [0.3, 0.4) is 0 Å². The van der Waals surface area contributed by atoms with Crippen molar-refractivity contribution >= 4 is 12.3 Å². The van der Waals surface area contributed by atoms with Crippen molar-refractivity contribution < 1.29 is 33.3 Å². The zero-order chi connectivity index (χ0) is 26.5. The molecular weight excluding hydrogens is 460 g/mol. The van der Waals surface area contributed by atoms with Crippen molar-refractivity contribution in [2.75, 3.05) is 6.61 Å². The molecule has 1 unspecified atom stereocenters. The Morgan fingerprint density at radius 1 is 0.944 bits per heavy atom. The molecule has 2 aromatic carbocycles. The first kappa shape index (κ1) is 27.1. The molecule has 0 N–H and O–H groups in total. The first-order valence-corrected chi connectivity index (χ1v) is 12.1. The topological polar surface area (TPSA) is 80.3 Å². The van der Waals surface area contributed by atoms with Crippen LogP contribution in [0, 0.1) is 0 Å². The van der Waals surface area contributed by atoms with Crippen molar-refractivity contribution in [2.45, 2.75) is 77.9 Å². The van der Waals surface area contributed by atoms with Crippen molar-refractivity contribution in [3.8, 4) is 17.2 Å². The van der Waals surface area contributed by atoms with Gasteiger partial charge >= 0.3 is 12.3 Å². The molecule has 0 heterocycles. The summed E-state index contributed by atoms with van der Waals surface area (Å²) >= 11 is 0. The van der Waals surface area contributed by atoms with Gasteiger partial charge in [-0.2, -0.15) is 0 Å². The van der Waals surface area contributed by atoms with Gasteiger partial charge in [0, 0.05) is 5.56 Å². The Kier molecular flexibility index (Phi) is 8.33. The van der Waals surface area contributed by atoms with E-state index in [-0.39, 0.29) is 17.4 Å². The third-order valence-electron chi connectivity index (χ3n) is 5.38. The number of para-hydroxylation sites is 1. The van der Waals surface area contributed by atoms with E-state index in [0.29, 0.717) is 13.0 Å². The number of ether oxygens (including phenoxy) is 5. The summed E-state index contributed by atoms with van der Waals surface area (Å²) in [6.07, 6.45) is 2.34. The average Bonchev–Trinajstić information content (AvgIpc) is 2.75. The van der Waals surface area contributed by atoms with Gasteiger partial charge in [0.15, 0.2) is 11.5 Å². The van der Waals surface area contributed by atoms with Crippen LogP contribution in [0.15, 0.2) is 49.1 Å². The van der Waals surface area contributed by atoms with Gasteiger partial charge in [0.25, 0.3) is 0 Å². The van der Waals surface area contributed by atoms with E-state index in [1.165, 1.54) is 5.56 Å². The van der Waals surface area contributed by atoms with Gasteiger partial charge in [0.2, 0.25) is 0 Å². The molecule has 3 rings (SSSR count). The lowest BCUT2D eigenvalue weighted by molar-refractivity contribution is 0.0135. The molecule has 7 heteroatoms. The molecule has 194 valence electrons. The van der Waals surface area contributed by atoms with E-state index < -0.39 is 23.5 Å². The quantitative estimate of drug-likeness (QED) is 0.239. The lowest BCUT2D eigenvalue weighted by atomic mass is 9.79. The van der Waals surface area contributed by atoms with E-state index in [2.05, 4.69) is 12.6 Å². The largest absolute Gasteiger partial charge is 0.514 e. The summed E-state index contributed by atoms with van der Waals surface area (Å²) in [5, 5.41) is 0. The van der Waals surface area contributed by atoms with Gasteiger partial charge in [-0.3, -0.25) is 0 Å². The highest BCUT2D eigenvalue weighted by atomic mass is 16.8. The van der Waals surface area contributed by atoms with Crippen LogP contribution in [0.2, 0.25) is 0 Å². The van der Waals surface area contributed by atoms with E-state index in [1.54, 1.807) is 59.8 Å². The molecule has 36 heavy (non-hydrogen) atoms. The van der Waals surface area contributed by atoms with Crippen molar-refractivity contribution in [3.05, 3.63) is 65.7 Å². The second-order valence-corrected chi connectivity index (χ2v) is 10.8. The Balaban J connectivity index is 1.93. The van der Waals surface area contributed by atoms with Gasteiger partial charge in [-0.1, -0.05) is 30.9 Å². The molecule has 0 radical (unpaired) electrons. The fourth-order valence-corrected chi connectivity index (χ4v) is 4.00. The fraction of sp³-hybridized carbons (Fsp3) is 0.448. The molecule has 0 fully saturated rings. The lowest BCUT2D eigenvalue weighted by Gasteiger charge is -2.28. The van der Waals surface area contributed by atoms with Crippen LogP contribution in [0.5, 0.6) is 17.2 Å². The van der Waals surface area contributed by atoms with Crippen LogP contribution >= 0.6 is 0 Å². The SMILES string of the molecule is C=CCOc1ccc2c(c1)CC(c1cccc(OC(=O)OC(C)(C)C)c1OC(=O)OC(C)(C)C)CC2. The second kappa shape index (κ2) is 11.1. The summed E-state index contributed by atoms with van der Waals surface area (Å²) in [6, 6.07) is 11.3. The van der Waals surface area contributed by atoms with Crippen molar-refractivity contribution in [3.63, 3.8) is 0 Å². The van der Waals surface area contributed by atoms with Crippen LogP contribution < -0.4 is 14.2 Å². The van der Waals surface area contributed by atoms with E-state index in [0.717, 1.165) is 29.7 Å². The van der Waals surface area contributed by atoms with Gasteiger partial charge in [-0.05, 0) is 96.0 Å². The number of benzene rings is 2. The van der Waals surface area contributed by atoms with Crippen LogP contribution in [0.4, 0.5) is 9.59 Å². The number of aryl methyl sites for hydroxylation is 1. The number of fused-ring (bicyclic) bond motifs is 1. The zero-order valence-electron chi connectivity index (χ0n) is 22.0. The predicted molar refractivity (Wildman–Crippen MR) is 137 cm³/mol. The first-order chi connectivity index (χ1) is 16.8. The van der Waals surface area contributed by atoms with Crippen LogP contribution in [-0.2, 0) is 22.3 Å². The molecule has 2 aromatic rings. The highest BCUT2D eigenvalue weighted by Crippen LogP contribution is 2.42. The number of hydrogen-bond donors (Lipinski definition) is 0.